The van der Waals surface area contributed by atoms with E-state index in [1.807, 2.05) is 6.08 Å². The highest BCUT2D eigenvalue weighted by Gasteiger charge is 2.30. The molecule has 6 nitrogen and oxygen atoms in total. The van der Waals surface area contributed by atoms with E-state index in [9.17, 15) is 14.4 Å². The van der Waals surface area contributed by atoms with Gasteiger partial charge in [-0.05, 0) is 36.0 Å². The molecule has 2 atom stereocenters. The summed E-state index contributed by atoms with van der Waals surface area (Å²) in [4.78, 5) is 39.8. The average molecular weight is 279 g/mol. The highest BCUT2D eigenvalue weighted by atomic mass is 16.1. The molecule has 0 saturated carbocycles. The van der Waals surface area contributed by atoms with Crippen molar-refractivity contribution in [3.8, 4) is 0 Å². The first-order valence-electron chi connectivity index (χ1n) is 6.22. The molecule has 0 aromatic carbocycles. The fraction of sp³-hybridized carbons (Fsp3) is 0.133. The van der Waals surface area contributed by atoms with E-state index in [0.29, 0.717) is 11.3 Å². The molecule has 0 radical (unpaired) electrons. The van der Waals surface area contributed by atoms with Crippen LogP contribution in [0.3, 0.4) is 0 Å². The molecule has 0 spiro atoms. The fourth-order valence-electron chi connectivity index (χ4n) is 2.47. The summed E-state index contributed by atoms with van der Waals surface area (Å²) in [6, 6.07) is -0.950. The number of dihydropyridines is 1. The van der Waals surface area contributed by atoms with Gasteiger partial charge in [0.15, 0.2) is 11.8 Å². The molecule has 0 aromatic heterocycles. The highest BCUT2D eigenvalue weighted by Crippen LogP contribution is 2.30. The van der Waals surface area contributed by atoms with E-state index >= 15 is 0 Å². The smallest absolute Gasteiger partial charge is 0.240 e. The van der Waals surface area contributed by atoms with Crippen molar-refractivity contribution in [1.29, 1.82) is 0 Å². The Morgan fingerprint density at radius 2 is 1.95 bits per heavy atom. The van der Waals surface area contributed by atoms with E-state index in [1.54, 1.807) is 24.3 Å². The third-order valence-corrected chi connectivity index (χ3v) is 3.41. The van der Waals surface area contributed by atoms with Crippen molar-refractivity contribution in [2.24, 2.45) is 9.98 Å². The Hall–Kier alpha value is -3.07. The topological polar surface area (TPSA) is 88.0 Å². The van der Waals surface area contributed by atoms with Gasteiger partial charge in [-0.2, -0.15) is 9.98 Å². The van der Waals surface area contributed by atoms with E-state index in [4.69, 9.17) is 0 Å². The van der Waals surface area contributed by atoms with Gasteiger partial charge in [0.25, 0.3) is 0 Å². The Bertz CT molecular complexity index is 770. The lowest BCUT2D eigenvalue weighted by atomic mass is 9.87. The number of carbonyl (C=O) groups is 1. The molecule has 102 valence electrons. The summed E-state index contributed by atoms with van der Waals surface area (Å²) < 4.78 is 0. The minimum absolute atomic E-state index is 0.0759. The Labute approximate surface area is 119 Å². The van der Waals surface area contributed by atoms with Crippen LogP contribution in [0, 0.1) is 0 Å². The Morgan fingerprint density at radius 1 is 1.10 bits per heavy atom. The summed E-state index contributed by atoms with van der Waals surface area (Å²) in [5, 5.41) is 3.24. The minimum atomic E-state index is -0.874. The molecule has 2 aliphatic carbocycles. The van der Waals surface area contributed by atoms with Crippen LogP contribution in [0.25, 0.3) is 0 Å². The van der Waals surface area contributed by atoms with Crippen molar-refractivity contribution in [3.05, 3.63) is 59.0 Å². The Balaban J connectivity index is 2.06. The first-order valence-corrected chi connectivity index (χ1v) is 6.22. The molecule has 0 fully saturated rings. The number of allylic oxidation sites excluding steroid dienone is 2. The lowest BCUT2D eigenvalue weighted by molar-refractivity contribution is -0.115. The zero-order chi connectivity index (χ0) is 14.8. The molecule has 1 N–H and O–H groups in total. The molecule has 0 bridgehead atoms. The van der Waals surface area contributed by atoms with Gasteiger partial charge in [-0.1, -0.05) is 6.08 Å². The maximum absolute atomic E-state index is 11.8. The number of ketones is 1. The first kappa shape index (κ1) is 12.9. The van der Waals surface area contributed by atoms with Crippen molar-refractivity contribution in [1.82, 2.24) is 5.32 Å². The summed E-state index contributed by atoms with van der Waals surface area (Å²) in [6.07, 6.45) is 13.0. The standard InChI is InChI=1S/C15H9N3O3/c19-7-16-10-1-2-12-9(5-10)6-11-13(18-12)3-4-14(21)15(11)17-8-20/h1-6,12,15,18H. The Kier molecular flexibility index (Phi) is 3.16. The van der Waals surface area contributed by atoms with Gasteiger partial charge in [-0.15, -0.1) is 0 Å². The van der Waals surface area contributed by atoms with Gasteiger partial charge in [0.1, 0.15) is 0 Å². The number of hydrogen-bond acceptors (Lipinski definition) is 6. The van der Waals surface area contributed by atoms with Gasteiger partial charge in [0.2, 0.25) is 12.2 Å². The molecule has 6 heteroatoms. The lowest BCUT2D eigenvalue weighted by Gasteiger charge is -2.30. The SMILES string of the molecule is O=C=NC1=CC2=CC3=C(C=CC(=O)C3N=C=O)NC2C=C1. The third kappa shape index (κ3) is 2.25. The molecule has 3 rings (SSSR count). The van der Waals surface area contributed by atoms with Gasteiger partial charge in [-0.25, -0.2) is 9.59 Å². The maximum Gasteiger partial charge on any atom is 0.240 e. The summed E-state index contributed by atoms with van der Waals surface area (Å²) in [5.74, 6) is -0.268. The monoisotopic (exact) mass is 279 g/mol. The number of nitrogens with zero attached hydrogens (tertiary/aromatic N) is 2. The normalized spacial score (nSPS) is 25.6. The van der Waals surface area contributed by atoms with Crippen LogP contribution in [0.4, 0.5) is 0 Å². The lowest BCUT2D eigenvalue weighted by Crippen LogP contribution is -2.37. The van der Waals surface area contributed by atoms with Crippen molar-refractivity contribution >= 4 is 17.9 Å². The number of hydrogen-bond donors (Lipinski definition) is 1. The minimum Gasteiger partial charge on any atom is -0.374 e. The number of nitrogens with one attached hydrogen (secondary N) is 1. The van der Waals surface area contributed by atoms with Crippen LogP contribution in [0.15, 0.2) is 69.0 Å². The average Bonchev–Trinajstić information content (AvgIpc) is 2.49. The van der Waals surface area contributed by atoms with Crippen molar-refractivity contribution < 1.29 is 14.4 Å². The summed E-state index contributed by atoms with van der Waals surface area (Å²) in [7, 11) is 0. The molecule has 21 heavy (non-hydrogen) atoms. The molecule has 3 aliphatic rings. The van der Waals surface area contributed by atoms with Crippen LogP contribution in [-0.2, 0) is 14.4 Å². The predicted molar refractivity (Wildman–Crippen MR) is 73.4 cm³/mol. The van der Waals surface area contributed by atoms with Crippen LogP contribution in [0.1, 0.15) is 0 Å². The first-order chi connectivity index (χ1) is 10.2. The van der Waals surface area contributed by atoms with Crippen LogP contribution >= 0.6 is 0 Å². The van der Waals surface area contributed by atoms with E-state index in [0.717, 1.165) is 11.3 Å². The molecule has 1 aliphatic heterocycles. The number of carbonyl (C=O) groups excluding carboxylic acids is 3. The summed E-state index contributed by atoms with van der Waals surface area (Å²) in [6.45, 7) is 0. The van der Waals surface area contributed by atoms with Gasteiger partial charge >= 0.3 is 0 Å². The van der Waals surface area contributed by atoms with E-state index in [2.05, 4.69) is 15.3 Å². The van der Waals surface area contributed by atoms with Crippen molar-refractivity contribution in [2.75, 3.05) is 0 Å². The van der Waals surface area contributed by atoms with Gasteiger partial charge in [0, 0.05) is 11.3 Å². The molecule has 0 aromatic rings. The zero-order valence-corrected chi connectivity index (χ0v) is 10.7. The largest absolute Gasteiger partial charge is 0.374 e. The summed E-state index contributed by atoms with van der Waals surface area (Å²) >= 11 is 0. The number of aliphatic imine (C=N–C) groups is 2. The maximum atomic E-state index is 11.8. The second-order valence-corrected chi connectivity index (χ2v) is 4.63. The molecule has 0 saturated heterocycles. The van der Waals surface area contributed by atoms with Gasteiger partial charge in [0.05, 0.1) is 11.7 Å². The summed E-state index contributed by atoms with van der Waals surface area (Å²) in [5.41, 5.74) is 2.66. The molecule has 1 heterocycles. The Morgan fingerprint density at radius 3 is 2.71 bits per heavy atom. The number of isocyanates is 2. The quantitative estimate of drug-likeness (QED) is 0.597. The highest BCUT2D eigenvalue weighted by molar-refractivity contribution is 6.00. The molecular weight excluding hydrogens is 270 g/mol. The van der Waals surface area contributed by atoms with Crippen LogP contribution in [0.2, 0.25) is 0 Å². The van der Waals surface area contributed by atoms with Gasteiger partial charge in [-0.3, -0.25) is 4.79 Å². The predicted octanol–water partition coefficient (Wildman–Crippen LogP) is 0.771. The second-order valence-electron chi connectivity index (χ2n) is 4.63. The zero-order valence-electron chi connectivity index (χ0n) is 10.7. The molecule has 2 unspecified atom stereocenters. The van der Waals surface area contributed by atoms with Crippen LogP contribution in [0.5, 0.6) is 0 Å². The van der Waals surface area contributed by atoms with Crippen LogP contribution < -0.4 is 5.32 Å². The van der Waals surface area contributed by atoms with Crippen molar-refractivity contribution in [2.45, 2.75) is 12.1 Å². The van der Waals surface area contributed by atoms with E-state index in [-0.39, 0.29) is 11.8 Å². The molecular formula is C15H9N3O3. The second kappa shape index (κ2) is 5.13. The van der Waals surface area contributed by atoms with Gasteiger partial charge < -0.3 is 5.32 Å². The third-order valence-electron chi connectivity index (χ3n) is 3.41. The number of fused-ring (bicyclic) bond motifs is 1. The van der Waals surface area contributed by atoms with E-state index in [1.165, 1.54) is 18.2 Å². The van der Waals surface area contributed by atoms with Crippen LogP contribution in [-0.4, -0.2) is 30.0 Å². The fourth-order valence-corrected chi connectivity index (χ4v) is 2.47. The van der Waals surface area contributed by atoms with E-state index < -0.39 is 6.04 Å². The molecule has 0 amide bonds. The number of rotatable bonds is 2. The van der Waals surface area contributed by atoms with Crippen molar-refractivity contribution in [3.63, 3.8) is 0 Å².